The number of anilines is 1. The van der Waals surface area contributed by atoms with Gasteiger partial charge in [0.1, 0.15) is 6.33 Å². The second-order valence-corrected chi connectivity index (χ2v) is 5.67. The van der Waals surface area contributed by atoms with Crippen molar-refractivity contribution in [1.82, 2.24) is 14.6 Å². The van der Waals surface area contributed by atoms with Crippen molar-refractivity contribution in [2.75, 3.05) is 11.9 Å². The fourth-order valence-electron chi connectivity index (χ4n) is 2.53. The lowest BCUT2D eigenvalue weighted by Gasteiger charge is -2.10. The van der Waals surface area contributed by atoms with Crippen LogP contribution in [0, 0.1) is 17.2 Å². The molecule has 0 radical (unpaired) electrons. The van der Waals surface area contributed by atoms with Gasteiger partial charge in [-0.05, 0) is 37.0 Å². The van der Waals surface area contributed by atoms with E-state index in [4.69, 9.17) is 5.26 Å². The average Bonchev–Trinajstić information content (AvgIpc) is 3.28. The molecule has 0 spiro atoms. The van der Waals surface area contributed by atoms with Crippen molar-refractivity contribution < 1.29 is 0 Å². The van der Waals surface area contributed by atoms with E-state index in [1.165, 1.54) is 12.8 Å². The van der Waals surface area contributed by atoms with Gasteiger partial charge in [0, 0.05) is 23.9 Å². The highest BCUT2D eigenvalue weighted by molar-refractivity contribution is 5.70. The number of hydrogen-bond donors (Lipinski definition) is 1. The summed E-state index contributed by atoms with van der Waals surface area (Å²) >= 11 is 0. The SMILES string of the molecule is N#Cc1ccc(-c2cc(NCC3CC3)cc3ncnn23)cc1. The van der Waals surface area contributed by atoms with Gasteiger partial charge in [-0.25, -0.2) is 9.50 Å². The first-order valence-electron chi connectivity index (χ1n) is 7.42. The fraction of sp³-hybridized carbons (Fsp3) is 0.235. The Kier molecular flexibility index (Phi) is 3.01. The first kappa shape index (κ1) is 12.8. The molecule has 0 unspecified atom stereocenters. The molecule has 5 nitrogen and oxygen atoms in total. The van der Waals surface area contributed by atoms with Crippen LogP contribution in [0.25, 0.3) is 16.9 Å². The summed E-state index contributed by atoms with van der Waals surface area (Å²) in [5, 5.41) is 16.7. The molecule has 2 heterocycles. The number of aromatic nitrogens is 3. The van der Waals surface area contributed by atoms with Crippen molar-refractivity contribution in [1.29, 1.82) is 5.26 Å². The van der Waals surface area contributed by atoms with Gasteiger partial charge in [-0.1, -0.05) is 12.1 Å². The number of nitrogens with zero attached hydrogens (tertiary/aromatic N) is 4. The van der Waals surface area contributed by atoms with Crippen molar-refractivity contribution in [2.45, 2.75) is 12.8 Å². The molecule has 1 aliphatic carbocycles. The summed E-state index contributed by atoms with van der Waals surface area (Å²) in [6, 6.07) is 13.8. The van der Waals surface area contributed by atoms with Crippen LogP contribution in [0.2, 0.25) is 0 Å². The zero-order chi connectivity index (χ0) is 14.9. The van der Waals surface area contributed by atoms with Crippen LogP contribution in [0.5, 0.6) is 0 Å². The molecular formula is C17H15N5. The molecule has 5 heteroatoms. The third-order valence-electron chi connectivity index (χ3n) is 3.98. The second-order valence-electron chi connectivity index (χ2n) is 5.67. The Morgan fingerprint density at radius 3 is 2.77 bits per heavy atom. The Morgan fingerprint density at radius 1 is 1.23 bits per heavy atom. The van der Waals surface area contributed by atoms with E-state index in [9.17, 15) is 0 Å². The molecule has 4 rings (SSSR count). The molecule has 0 atom stereocenters. The van der Waals surface area contributed by atoms with Crippen LogP contribution in [0.3, 0.4) is 0 Å². The molecule has 1 fully saturated rings. The van der Waals surface area contributed by atoms with Gasteiger partial charge in [0.2, 0.25) is 0 Å². The van der Waals surface area contributed by atoms with Crippen LogP contribution >= 0.6 is 0 Å². The molecule has 1 saturated carbocycles. The maximum absolute atomic E-state index is 8.92. The van der Waals surface area contributed by atoms with Gasteiger partial charge < -0.3 is 5.32 Å². The molecular weight excluding hydrogens is 274 g/mol. The molecule has 0 amide bonds. The van der Waals surface area contributed by atoms with E-state index < -0.39 is 0 Å². The zero-order valence-electron chi connectivity index (χ0n) is 12.0. The molecule has 2 aromatic heterocycles. The lowest BCUT2D eigenvalue weighted by atomic mass is 10.1. The fourth-order valence-corrected chi connectivity index (χ4v) is 2.53. The Labute approximate surface area is 128 Å². The molecule has 22 heavy (non-hydrogen) atoms. The van der Waals surface area contributed by atoms with Gasteiger partial charge in [-0.2, -0.15) is 10.4 Å². The van der Waals surface area contributed by atoms with Crippen molar-refractivity contribution in [3.8, 4) is 17.3 Å². The maximum Gasteiger partial charge on any atom is 0.158 e. The number of fused-ring (bicyclic) bond motifs is 1. The third kappa shape index (κ3) is 2.40. The third-order valence-corrected chi connectivity index (χ3v) is 3.98. The van der Waals surface area contributed by atoms with Crippen LogP contribution < -0.4 is 5.32 Å². The van der Waals surface area contributed by atoms with E-state index in [-0.39, 0.29) is 0 Å². The van der Waals surface area contributed by atoms with Crippen LogP contribution in [-0.4, -0.2) is 21.1 Å². The number of nitriles is 1. The quantitative estimate of drug-likeness (QED) is 0.801. The molecule has 0 bridgehead atoms. The molecule has 1 N–H and O–H groups in total. The predicted molar refractivity (Wildman–Crippen MR) is 84.4 cm³/mol. The number of pyridine rings is 1. The second kappa shape index (κ2) is 5.15. The van der Waals surface area contributed by atoms with E-state index in [1.807, 2.05) is 34.8 Å². The first-order chi connectivity index (χ1) is 10.8. The van der Waals surface area contributed by atoms with Crippen LogP contribution in [-0.2, 0) is 0 Å². The lowest BCUT2D eigenvalue weighted by Crippen LogP contribution is -2.05. The van der Waals surface area contributed by atoms with Gasteiger partial charge in [0.25, 0.3) is 0 Å². The zero-order valence-corrected chi connectivity index (χ0v) is 12.0. The number of hydrogen-bond acceptors (Lipinski definition) is 4. The van der Waals surface area contributed by atoms with Gasteiger partial charge in [-0.3, -0.25) is 0 Å². The maximum atomic E-state index is 8.92. The van der Waals surface area contributed by atoms with Crippen LogP contribution in [0.15, 0.2) is 42.7 Å². The van der Waals surface area contributed by atoms with E-state index >= 15 is 0 Å². The predicted octanol–water partition coefficient (Wildman–Crippen LogP) is 3.09. The standard InChI is InChI=1S/C17H15N5/c18-9-12-3-5-14(6-4-12)16-7-15(19-10-13-1-2-13)8-17-20-11-21-22(16)17/h3-8,11,13,19H,1-2,10H2. The van der Waals surface area contributed by atoms with E-state index in [2.05, 4.69) is 27.5 Å². The largest absolute Gasteiger partial charge is 0.385 e. The number of nitrogens with one attached hydrogen (secondary N) is 1. The van der Waals surface area contributed by atoms with Crippen molar-refractivity contribution in [3.05, 3.63) is 48.3 Å². The minimum Gasteiger partial charge on any atom is -0.385 e. The van der Waals surface area contributed by atoms with Crippen molar-refractivity contribution >= 4 is 11.3 Å². The lowest BCUT2D eigenvalue weighted by molar-refractivity contribution is 0.887. The van der Waals surface area contributed by atoms with Gasteiger partial charge in [0.15, 0.2) is 5.65 Å². The van der Waals surface area contributed by atoms with E-state index in [0.29, 0.717) is 5.56 Å². The van der Waals surface area contributed by atoms with Crippen molar-refractivity contribution in [2.24, 2.45) is 5.92 Å². The minimum atomic E-state index is 0.654. The summed E-state index contributed by atoms with van der Waals surface area (Å²) in [6.45, 7) is 1.01. The monoisotopic (exact) mass is 289 g/mol. The first-order valence-corrected chi connectivity index (χ1v) is 7.42. The summed E-state index contributed by atoms with van der Waals surface area (Å²) in [5.41, 5.74) is 4.52. The smallest absolute Gasteiger partial charge is 0.158 e. The highest BCUT2D eigenvalue weighted by atomic mass is 15.3. The van der Waals surface area contributed by atoms with E-state index in [0.717, 1.165) is 35.1 Å². The molecule has 3 aromatic rings. The summed E-state index contributed by atoms with van der Waals surface area (Å²) in [5.74, 6) is 0.812. The molecule has 1 aromatic carbocycles. The Balaban J connectivity index is 1.76. The minimum absolute atomic E-state index is 0.654. The molecule has 1 aliphatic rings. The summed E-state index contributed by atoms with van der Waals surface area (Å²) in [6.07, 6.45) is 4.21. The van der Waals surface area contributed by atoms with Crippen molar-refractivity contribution in [3.63, 3.8) is 0 Å². The molecule has 108 valence electrons. The Bertz CT molecular complexity index is 853. The number of rotatable bonds is 4. The Hall–Kier alpha value is -2.87. The van der Waals surface area contributed by atoms with Crippen LogP contribution in [0.1, 0.15) is 18.4 Å². The Morgan fingerprint density at radius 2 is 2.05 bits per heavy atom. The van der Waals surface area contributed by atoms with E-state index in [1.54, 1.807) is 6.33 Å². The summed E-state index contributed by atoms with van der Waals surface area (Å²) < 4.78 is 1.82. The van der Waals surface area contributed by atoms with Crippen LogP contribution in [0.4, 0.5) is 5.69 Å². The van der Waals surface area contributed by atoms with Gasteiger partial charge >= 0.3 is 0 Å². The number of benzene rings is 1. The highest BCUT2D eigenvalue weighted by Crippen LogP contribution is 2.30. The summed E-state index contributed by atoms with van der Waals surface area (Å²) in [4.78, 5) is 4.30. The average molecular weight is 289 g/mol. The normalized spacial score (nSPS) is 14.0. The summed E-state index contributed by atoms with van der Waals surface area (Å²) in [7, 11) is 0. The highest BCUT2D eigenvalue weighted by Gasteiger charge is 2.20. The topological polar surface area (TPSA) is 66.0 Å². The van der Waals surface area contributed by atoms with Gasteiger partial charge in [0.05, 0.1) is 17.3 Å². The molecule has 0 aliphatic heterocycles. The molecule has 0 saturated heterocycles. The van der Waals surface area contributed by atoms with Gasteiger partial charge in [-0.15, -0.1) is 0 Å².